The number of halogens is 1. The van der Waals surface area contributed by atoms with E-state index in [9.17, 15) is 9.18 Å². The molecule has 0 atom stereocenters. The third-order valence-corrected chi connectivity index (χ3v) is 2.78. The standard InChI is InChI=1S/C11H14FN3O/c1-13-10-9(5-7(12)6-14-10)11(16)15-8-3-2-4-8/h5-6,8H,2-4H2,1H3,(H,13,14)(H,15,16). The summed E-state index contributed by atoms with van der Waals surface area (Å²) < 4.78 is 13.0. The highest BCUT2D eigenvalue weighted by Crippen LogP contribution is 2.20. The highest BCUT2D eigenvalue weighted by Gasteiger charge is 2.22. The third-order valence-electron chi connectivity index (χ3n) is 2.78. The lowest BCUT2D eigenvalue weighted by atomic mass is 9.93. The van der Waals surface area contributed by atoms with Crippen molar-refractivity contribution in [1.82, 2.24) is 10.3 Å². The van der Waals surface area contributed by atoms with E-state index < -0.39 is 5.82 Å². The molecule has 1 aliphatic rings. The van der Waals surface area contributed by atoms with Crippen molar-refractivity contribution in [3.63, 3.8) is 0 Å². The summed E-state index contributed by atoms with van der Waals surface area (Å²) in [5, 5.41) is 5.62. The summed E-state index contributed by atoms with van der Waals surface area (Å²) in [5.41, 5.74) is 0.259. The minimum absolute atomic E-state index is 0.237. The molecule has 4 nitrogen and oxygen atoms in total. The van der Waals surface area contributed by atoms with Crippen LogP contribution in [-0.4, -0.2) is 24.0 Å². The number of nitrogens with zero attached hydrogens (tertiary/aromatic N) is 1. The van der Waals surface area contributed by atoms with Crippen LogP contribution in [0.2, 0.25) is 0 Å². The zero-order valence-corrected chi connectivity index (χ0v) is 9.09. The van der Waals surface area contributed by atoms with Crippen LogP contribution in [0.4, 0.5) is 10.2 Å². The molecular formula is C11H14FN3O. The molecule has 1 aliphatic carbocycles. The number of hydrogen-bond donors (Lipinski definition) is 2. The third kappa shape index (κ3) is 2.13. The topological polar surface area (TPSA) is 54.0 Å². The molecule has 16 heavy (non-hydrogen) atoms. The quantitative estimate of drug-likeness (QED) is 0.817. The van der Waals surface area contributed by atoms with Crippen LogP contribution in [0.1, 0.15) is 29.6 Å². The molecule has 86 valence electrons. The molecule has 0 aliphatic heterocycles. The normalized spacial score (nSPS) is 15.4. The summed E-state index contributed by atoms with van der Waals surface area (Å²) >= 11 is 0. The van der Waals surface area contributed by atoms with Gasteiger partial charge in [0, 0.05) is 13.1 Å². The van der Waals surface area contributed by atoms with E-state index in [1.165, 1.54) is 6.07 Å². The summed E-state index contributed by atoms with van der Waals surface area (Å²) in [6.45, 7) is 0. The first-order valence-corrected chi connectivity index (χ1v) is 5.35. The number of carbonyl (C=O) groups is 1. The van der Waals surface area contributed by atoms with Crippen molar-refractivity contribution in [2.24, 2.45) is 0 Å². The lowest BCUT2D eigenvalue weighted by Crippen LogP contribution is -2.39. The number of amides is 1. The van der Waals surface area contributed by atoms with Gasteiger partial charge in [-0.3, -0.25) is 4.79 Å². The van der Waals surface area contributed by atoms with Crippen molar-refractivity contribution < 1.29 is 9.18 Å². The first kappa shape index (κ1) is 10.9. The van der Waals surface area contributed by atoms with Gasteiger partial charge >= 0.3 is 0 Å². The monoisotopic (exact) mass is 223 g/mol. The van der Waals surface area contributed by atoms with Crippen LogP contribution in [0.5, 0.6) is 0 Å². The molecule has 1 saturated carbocycles. The molecule has 1 heterocycles. The first-order valence-electron chi connectivity index (χ1n) is 5.35. The van der Waals surface area contributed by atoms with Gasteiger partial charge in [0.1, 0.15) is 11.6 Å². The molecule has 1 aromatic heterocycles. The van der Waals surface area contributed by atoms with Gasteiger partial charge in [0.05, 0.1) is 11.8 Å². The van der Waals surface area contributed by atoms with E-state index in [2.05, 4.69) is 15.6 Å². The SMILES string of the molecule is CNc1ncc(F)cc1C(=O)NC1CCC1. The number of hydrogen-bond acceptors (Lipinski definition) is 3. The average molecular weight is 223 g/mol. The average Bonchev–Trinajstić information content (AvgIpc) is 2.23. The van der Waals surface area contributed by atoms with Gasteiger partial charge in [-0.05, 0) is 25.3 Å². The zero-order chi connectivity index (χ0) is 11.5. The maximum absolute atomic E-state index is 13.0. The van der Waals surface area contributed by atoms with Crippen LogP contribution in [0.3, 0.4) is 0 Å². The van der Waals surface area contributed by atoms with Gasteiger partial charge in [0.15, 0.2) is 0 Å². The zero-order valence-electron chi connectivity index (χ0n) is 9.09. The Balaban J connectivity index is 2.16. The molecule has 0 unspecified atom stereocenters. The summed E-state index contributed by atoms with van der Waals surface area (Å²) in [7, 11) is 1.65. The van der Waals surface area contributed by atoms with E-state index in [4.69, 9.17) is 0 Å². The fourth-order valence-electron chi connectivity index (χ4n) is 1.63. The second kappa shape index (κ2) is 4.47. The van der Waals surface area contributed by atoms with E-state index in [1.807, 2.05) is 0 Å². The molecule has 0 radical (unpaired) electrons. The van der Waals surface area contributed by atoms with Crippen molar-refractivity contribution >= 4 is 11.7 Å². The lowest BCUT2D eigenvalue weighted by molar-refractivity contribution is 0.0917. The number of pyridine rings is 1. The second-order valence-corrected chi connectivity index (χ2v) is 3.90. The Labute approximate surface area is 93.3 Å². The van der Waals surface area contributed by atoms with E-state index in [0.29, 0.717) is 5.82 Å². The van der Waals surface area contributed by atoms with Crippen LogP contribution in [-0.2, 0) is 0 Å². The van der Waals surface area contributed by atoms with Crippen molar-refractivity contribution in [2.45, 2.75) is 25.3 Å². The molecule has 1 amide bonds. The largest absolute Gasteiger partial charge is 0.372 e. The smallest absolute Gasteiger partial charge is 0.255 e. The van der Waals surface area contributed by atoms with Gasteiger partial charge in [0.2, 0.25) is 0 Å². The van der Waals surface area contributed by atoms with E-state index in [0.717, 1.165) is 25.5 Å². The molecule has 0 saturated heterocycles. The lowest BCUT2D eigenvalue weighted by Gasteiger charge is -2.26. The van der Waals surface area contributed by atoms with Crippen molar-refractivity contribution in [3.05, 3.63) is 23.6 Å². The van der Waals surface area contributed by atoms with Crippen LogP contribution in [0, 0.1) is 5.82 Å². The molecule has 2 rings (SSSR count). The molecule has 5 heteroatoms. The Bertz CT molecular complexity index is 404. The molecule has 0 spiro atoms. The Morgan fingerprint density at radius 1 is 1.56 bits per heavy atom. The Morgan fingerprint density at radius 2 is 2.31 bits per heavy atom. The van der Waals surface area contributed by atoms with Gasteiger partial charge in [-0.1, -0.05) is 0 Å². The summed E-state index contributed by atoms with van der Waals surface area (Å²) in [4.78, 5) is 15.6. The number of rotatable bonds is 3. The fraction of sp³-hybridized carbons (Fsp3) is 0.455. The highest BCUT2D eigenvalue weighted by molar-refractivity contribution is 5.98. The Hall–Kier alpha value is -1.65. The van der Waals surface area contributed by atoms with Crippen molar-refractivity contribution in [3.8, 4) is 0 Å². The summed E-state index contributed by atoms with van der Waals surface area (Å²) in [6.07, 6.45) is 4.24. The molecular weight excluding hydrogens is 209 g/mol. The molecule has 0 bridgehead atoms. The highest BCUT2D eigenvalue weighted by atomic mass is 19.1. The summed E-state index contributed by atoms with van der Waals surface area (Å²) in [5.74, 6) is -0.364. The van der Waals surface area contributed by atoms with Gasteiger partial charge in [-0.25, -0.2) is 9.37 Å². The van der Waals surface area contributed by atoms with Gasteiger partial charge in [0.25, 0.3) is 5.91 Å². The number of carbonyl (C=O) groups excluding carboxylic acids is 1. The molecule has 1 fully saturated rings. The van der Waals surface area contributed by atoms with Gasteiger partial charge < -0.3 is 10.6 Å². The minimum Gasteiger partial charge on any atom is -0.372 e. The molecule has 1 aromatic rings. The van der Waals surface area contributed by atoms with Crippen LogP contribution < -0.4 is 10.6 Å². The van der Waals surface area contributed by atoms with Crippen LogP contribution in [0.25, 0.3) is 0 Å². The predicted molar refractivity (Wildman–Crippen MR) is 58.8 cm³/mol. The summed E-state index contributed by atoms with van der Waals surface area (Å²) in [6, 6.07) is 1.44. The number of aromatic nitrogens is 1. The first-order chi connectivity index (χ1) is 7.70. The maximum atomic E-state index is 13.0. The predicted octanol–water partition coefficient (Wildman–Crippen LogP) is 1.54. The number of anilines is 1. The van der Waals surface area contributed by atoms with Crippen molar-refractivity contribution in [2.75, 3.05) is 12.4 Å². The van der Waals surface area contributed by atoms with Crippen LogP contribution >= 0.6 is 0 Å². The minimum atomic E-state index is -0.502. The van der Waals surface area contributed by atoms with E-state index in [1.54, 1.807) is 7.05 Å². The van der Waals surface area contributed by atoms with Gasteiger partial charge in [-0.2, -0.15) is 0 Å². The van der Waals surface area contributed by atoms with Crippen molar-refractivity contribution in [1.29, 1.82) is 0 Å². The fourth-order valence-corrected chi connectivity index (χ4v) is 1.63. The Kier molecular flexibility index (Phi) is 3.03. The molecule has 2 N–H and O–H groups in total. The van der Waals surface area contributed by atoms with E-state index in [-0.39, 0.29) is 17.5 Å². The number of nitrogens with one attached hydrogen (secondary N) is 2. The molecule has 0 aromatic carbocycles. The van der Waals surface area contributed by atoms with Gasteiger partial charge in [-0.15, -0.1) is 0 Å². The Morgan fingerprint density at radius 3 is 2.88 bits per heavy atom. The maximum Gasteiger partial charge on any atom is 0.255 e. The second-order valence-electron chi connectivity index (χ2n) is 3.90. The van der Waals surface area contributed by atoms with E-state index >= 15 is 0 Å². The van der Waals surface area contributed by atoms with Crippen LogP contribution in [0.15, 0.2) is 12.3 Å².